The van der Waals surface area contributed by atoms with E-state index in [9.17, 15) is 14.4 Å². The van der Waals surface area contributed by atoms with Gasteiger partial charge in [0.1, 0.15) is 17.4 Å². The van der Waals surface area contributed by atoms with Crippen molar-refractivity contribution in [3.63, 3.8) is 0 Å². The number of benzene rings is 1. The number of amides is 1. The van der Waals surface area contributed by atoms with E-state index in [0.29, 0.717) is 12.2 Å². The van der Waals surface area contributed by atoms with Crippen LogP contribution in [0, 0.1) is 23.1 Å². The molecule has 0 radical (unpaired) electrons. The van der Waals surface area contributed by atoms with E-state index in [1.165, 1.54) is 6.07 Å². The van der Waals surface area contributed by atoms with Gasteiger partial charge in [0.25, 0.3) is 0 Å². The van der Waals surface area contributed by atoms with Crippen molar-refractivity contribution >= 4 is 11.6 Å². The normalized spacial score (nSPS) is 19.0. The van der Waals surface area contributed by atoms with Gasteiger partial charge in [-0.15, -0.1) is 0 Å². The summed E-state index contributed by atoms with van der Waals surface area (Å²) in [4.78, 5) is 14.4. The summed E-state index contributed by atoms with van der Waals surface area (Å²) >= 11 is 0. The highest BCUT2D eigenvalue weighted by Crippen LogP contribution is 2.27. The molecule has 23 heavy (non-hydrogen) atoms. The molecule has 1 aliphatic heterocycles. The molecule has 0 aromatic heterocycles. The summed E-state index contributed by atoms with van der Waals surface area (Å²) in [7, 11) is 0. The Morgan fingerprint density at radius 1 is 1.57 bits per heavy atom. The quantitative estimate of drug-likeness (QED) is 0.907. The van der Waals surface area contributed by atoms with Crippen LogP contribution in [0.15, 0.2) is 18.2 Å². The van der Waals surface area contributed by atoms with Crippen LogP contribution in [0.25, 0.3) is 0 Å². The summed E-state index contributed by atoms with van der Waals surface area (Å²) in [5.74, 6) is -0.559. The van der Waals surface area contributed by atoms with E-state index in [-0.39, 0.29) is 23.4 Å². The maximum atomic E-state index is 13.8. The van der Waals surface area contributed by atoms with Crippen LogP contribution in [0.1, 0.15) is 45.1 Å². The molecular weight excluding hydrogens is 293 g/mol. The minimum absolute atomic E-state index is 0.0607. The first kappa shape index (κ1) is 17.3. The molecule has 1 N–H and O–H groups in total. The lowest BCUT2D eigenvalue weighted by atomic mass is 9.95. The number of hydrogen-bond donors (Lipinski definition) is 1. The van der Waals surface area contributed by atoms with Gasteiger partial charge in [0.2, 0.25) is 5.91 Å². The fraction of sp³-hybridized carbons (Fsp3) is 0.556. The van der Waals surface area contributed by atoms with Gasteiger partial charge in [-0.1, -0.05) is 19.4 Å². The molecule has 2 rings (SSSR count). The molecular formula is C18H24FN3O. The number of nitrogens with one attached hydrogen (secondary N) is 1. The number of halogens is 1. The number of nitrogens with zero attached hydrogens (tertiary/aromatic N) is 2. The number of rotatable bonds is 5. The van der Waals surface area contributed by atoms with Crippen molar-refractivity contribution in [3.8, 4) is 6.07 Å². The second-order valence-corrected chi connectivity index (χ2v) is 6.23. The molecule has 0 spiro atoms. The maximum Gasteiger partial charge on any atom is 0.225 e. The van der Waals surface area contributed by atoms with Gasteiger partial charge in [-0.25, -0.2) is 4.39 Å². The van der Waals surface area contributed by atoms with E-state index in [2.05, 4.69) is 12.2 Å². The van der Waals surface area contributed by atoms with Gasteiger partial charge in [0.15, 0.2) is 0 Å². The van der Waals surface area contributed by atoms with Gasteiger partial charge >= 0.3 is 0 Å². The molecule has 1 fully saturated rings. The summed E-state index contributed by atoms with van der Waals surface area (Å²) in [6.07, 6.45) is 3.69. The molecule has 1 heterocycles. The fourth-order valence-corrected chi connectivity index (χ4v) is 3.16. The minimum Gasteiger partial charge on any atom is -0.370 e. The van der Waals surface area contributed by atoms with E-state index in [1.54, 1.807) is 12.1 Å². The highest BCUT2D eigenvalue weighted by Gasteiger charge is 2.28. The van der Waals surface area contributed by atoms with Crippen LogP contribution < -0.4 is 10.2 Å². The van der Waals surface area contributed by atoms with Crippen LogP contribution >= 0.6 is 0 Å². The number of anilines is 1. The van der Waals surface area contributed by atoms with E-state index in [1.807, 2.05) is 17.9 Å². The smallest absolute Gasteiger partial charge is 0.225 e. The standard InChI is InChI=1S/C18H24FN3O/c1-3-6-13(2)21-18(23)14-7-5-10-22(12-14)17-9-4-8-16(19)15(17)11-20/h4,8-9,13-14H,3,5-7,10,12H2,1-2H3,(H,21,23). The SMILES string of the molecule is CCCC(C)NC(=O)C1CCCN(c2cccc(F)c2C#N)C1. The third-order valence-electron chi connectivity index (χ3n) is 4.35. The Balaban J connectivity index is 2.08. The Hall–Kier alpha value is -2.09. The predicted molar refractivity (Wildman–Crippen MR) is 88.6 cm³/mol. The first-order chi connectivity index (χ1) is 11.1. The van der Waals surface area contributed by atoms with Crippen LogP contribution in [0.5, 0.6) is 0 Å². The lowest BCUT2D eigenvalue weighted by molar-refractivity contribution is -0.125. The van der Waals surface area contributed by atoms with Gasteiger partial charge in [-0.2, -0.15) is 5.26 Å². The van der Waals surface area contributed by atoms with Gasteiger partial charge in [0.05, 0.1) is 11.6 Å². The average Bonchev–Trinajstić information content (AvgIpc) is 2.55. The van der Waals surface area contributed by atoms with Gasteiger partial charge in [-0.05, 0) is 38.3 Å². The Bertz CT molecular complexity index is 596. The Kier molecular flexibility index (Phi) is 5.97. The summed E-state index contributed by atoms with van der Waals surface area (Å²) in [5, 5.41) is 12.2. The molecule has 124 valence electrons. The molecule has 1 saturated heterocycles. The zero-order valence-electron chi connectivity index (χ0n) is 13.8. The number of carbonyl (C=O) groups is 1. The predicted octanol–water partition coefficient (Wildman–Crippen LogP) is 3.22. The molecule has 1 aromatic carbocycles. The average molecular weight is 317 g/mol. The first-order valence-corrected chi connectivity index (χ1v) is 8.30. The molecule has 1 aromatic rings. The summed E-state index contributed by atoms with van der Waals surface area (Å²) in [6, 6.07) is 6.77. The summed E-state index contributed by atoms with van der Waals surface area (Å²) in [5.41, 5.74) is 0.652. The lowest BCUT2D eigenvalue weighted by Crippen LogP contribution is -2.45. The topological polar surface area (TPSA) is 56.1 Å². The van der Waals surface area contributed by atoms with Crippen molar-refractivity contribution < 1.29 is 9.18 Å². The van der Waals surface area contributed by atoms with Gasteiger partial charge < -0.3 is 10.2 Å². The van der Waals surface area contributed by atoms with Crippen LogP contribution in [0.4, 0.5) is 10.1 Å². The Morgan fingerprint density at radius 2 is 2.35 bits per heavy atom. The van der Waals surface area contributed by atoms with Gasteiger partial charge in [0, 0.05) is 19.1 Å². The molecule has 5 heteroatoms. The van der Waals surface area contributed by atoms with Crippen molar-refractivity contribution in [1.29, 1.82) is 5.26 Å². The molecule has 0 saturated carbocycles. The Labute approximate surface area is 137 Å². The maximum absolute atomic E-state index is 13.8. The second kappa shape index (κ2) is 7.96. The second-order valence-electron chi connectivity index (χ2n) is 6.23. The van der Waals surface area contributed by atoms with E-state index >= 15 is 0 Å². The molecule has 4 nitrogen and oxygen atoms in total. The molecule has 2 atom stereocenters. The molecule has 2 unspecified atom stereocenters. The molecule has 0 aliphatic carbocycles. The Morgan fingerprint density at radius 3 is 3.04 bits per heavy atom. The third-order valence-corrected chi connectivity index (χ3v) is 4.35. The summed E-state index contributed by atoms with van der Waals surface area (Å²) in [6.45, 7) is 5.38. The lowest BCUT2D eigenvalue weighted by Gasteiger charge is -2.34. The number of piperidine rings is 1. The van der Waals surface area contributed by atoms with Gasteiger partial charge in [-0.3, -0.25) is 4.79 Å². The van der Waals surface area contributed by atoms with Crippen molar-refractivity contribution in [2.45, 2.75) is 45.6 Å². The largest absolute Gasteiger partial charge is 0.370 e. The number of carbonyl (C=O) groups excluding carboxylic acids is 1. The van der Waals surface area contributed by atoms with Crippen molar-refractivity contribution in [3.05, 3.63) is 29.6 Å². The monoisotopic (exact) mass is 317 g/mol. The number of nitriles is 1. The zero-order valence-corrected chi connectivity index (χ0v) is 13.8. The fourth-order valence-electron chi connectivity index (χ4n) is 3.16. The highest BCUT2D eigenvalue weighted by atomic mass is 19.1. The molecule has 1 amide bonds. The number of hydrogen-bond acceptors (Lipinski definition) is 3. The molecule has 0 bridgehead atoms. The van der Waals surface area contributed by atoms with Crippen LogP contribution in [0.2, 0.25) is 0 Å². The summed E-state index contributed by atoms with van der Waals surface area (Å²) < 4.78 is 13.8. The van der Waals surface area contributed by atoms with E-state index in [0.717, 1.165) is 32.2 Å². The molecule has 1 aliphatic rings. The minimum atomic E-state index is -0.506. The van der Waals surface area contributed by atoms with Crippen molar-refractivity contribution in [1.82, 2.24) is 5.32 Å². The third kappa shape index (κ3) is 4.22. The van der Waals surface area contributed by atoms with Crippen LogP contribution in [-0.4, -0.2) is 25.0 Å². The van der Waals surface area contributed by atoms with Crippen LogP contribution in [-0.2, 0) is 4.79 Å². The van der Waals surface area contributed by atoms with Crippen molar-refractivity contribution in [2.24, 2.45) is 5.92 Å². The first-order valence-electron chi connectivity index (χ1n) is 8.30. The van der Waals surface area contributed by atoms with E-state index < -0.39 is 5.82 Å². The zero-order chi connectivity index (χ0) is 16.8. The van der Waals surface area contributed by atoms with E-state index in [4.69, 9.17) is 0 Å². The highest BCUT2D eigenvalue weighted by molar-refractivity contribution is 5.80. The van der Waals surface area contributed by atoms with Crippen LogP contribution in [0.3, 0.4) is 0 Å². The van der Waals surface area contributed by atoms with Crippen molar-refractivity contribution in [2.75, 3.05) is 18.0 Å².